The van der Waals surface area contributed by atoms with Crippen LogP contribution in [0.2, 0.25) is 5.02 Å². The second-order valence-electron chi connectivity index (χ2n) is 8.21. The number of nitrogens with one attached hydrogen (secondary N) is 4. The van der Waals surface area contributed by atoms with Crippen LogP contribution in [0, 0.1) is 14.1 Å². The van der Waals surface area contributed by atoms with Gasteiger partial charge in [-0.1, -0.05) is 35.9 Å². The zero-order chi connectivity index (χ0) is 26.4. The third-order valence-electron chi connectivity index (χ3n) is 5.58. The average molecular weight is 737 g/mol. The van der Waals surface area contributed by atoms with Crippen molar-refractivity contribution in [2.24, 2.45) is 0 Å². The van der Waals surface area contributed by atoms with Crippen molar-refractivity contribution in [3.05, 3.63) is 114 Å². The van der Waals surface area contributed by atoms with Crippen molar-refractivity contribution >= 4 is 91.6 Å². The fourth-order valence-corrected chi connectivity index (χ4v) is 4.62. The fourth-order valence-electron chi connectivity index (χ4n) is 3.70. The van der Waals surface area contributed by atoms with Gasteiger partial charge in [-0.3, -0.25) is 0 Å². The predicted octanol–water partition coefficient (Wildman–Crippen LogP) is 8.74. The van der Waals surface area contributed by atoms with Gasteiger partial charge in [0.25, 0.3) is 0 Å². The Bertz CT molecular complexity index is 1430. The molecule has 4 aromatic rings. The van der Waals surface area contributed by atoms with E-state index in [1.54, 1.807) is 0 Å². The summed E-state index contributed by atoms with van der Waals surface area (Å²) >= 11 is 10.8. The lowest BCUT2D eigenvalue weighted by Gasteiger charge is -2.19. The molecule has 4 rings (SSSR count). The standard InChI is InChI=1S/C28H23ClI2N4O2/c1-17-25(34-27(36)32-22-11-7-20(30)8-12-22)15-6-19(16-18-4-2-3-5-24(18)29)26(17)35-28(37)33-23-13-9-21(31)10-14-23/h2-15H,16H2,1H3,(H2,32,34,36)(H2,33,35,37). The summed E-state index contributed by atoms with van der Waals surface area (Å²) in [5, 5.41) is 12.2. The highest BCUT2D eigenvalue weighted by Gasteiger charge is 2.16. The van der Waals surface area contributed by atoms with E-state index < -0.39 is 0 Å². The number of urea groups is 2. The fraction of sp³-hybridized carbons (Fsp3) is 0.0714. The van der Waals surface area contributed by atoms with Crippen molar-refractivity contribution in [1.29, 1.82) is 0 Å². The van der Waals surface area contributed by atoms with Crippen LogP contribution in [0.1, 0.15) is 16.7 Å². The zero-order valence-electron chi connectivity index (χ0n) is 19.7. The summed E-state index contributed by atoms with van der Waals surface area (Å²) in [6, 6.07) is 25.6. The Balaban J connectivity index is 1.59. The van der Waals surface area contributed by atoms with E-state index in [4.69, 9.17) is 11.6 Å². The van der Waals surface area contributed by atoms with Crippen LogP contribution in [0.15, 0.2) is 84.9 Å². The van der Waals surface area contributed by atoms with E-state index >= 15 is 0 Å². The minimum atomic E-state index is -0.384. The van der Waals surface area contributed by atoms with Crippen LogP contribution in [-0.2, 0) is 6.42 Å². The Kier molecular flexibility index (Phi) is 9.28. The summed E-state index contributed by atoms with van der Waals surface area (Å²) in [4.78, 5) is 25.6. The van der Waals surface area contributed by atoms with Crippen molar-refractivity contribution in [2.75, 3.05) is 21.3 Å². The first-order valence-corrected chi connectivity index (χ1v) is 13.8. The second-order valence-corrected chi connectivity index (χ2v) is 11.1. The maximum absolute atomic E-state index is 12.9. The molecule has 0 spiro atoms. The Hall–Kier alpha value is -2.83. The SMILES string of the molecule is Cc1c(NC(=O)Nc2ccc(I)cc2)ccc(Cc2ccccc2Cl)c1NC(=O)Nc1ccc(I)cc1. The second kappa shape index (κ2) is 12.6. The van der Waals surface area contributed by atoms with Crippen molar-refractivity contribution in [3.63, 3.8) is 0 Å². The van der Waals surface area contributed by atoms with Gasteiger partial charge in [0.1, 0.15) is 0 Å². The van der Waals surface area contributed by atoms with Gasteiger partial charge in [-0.05, 0) is 129 Å². The van der Waals surface area contributed by atoms with E-state index in [0.29, 0.717) is 34.2 Å². The van der Waals surface area contributed by atoms with Crippen molar-refractivity contribution in [3.8, 4) is 0 Å². The molecule has 4 N–H and O–H groups in total. The molecule has 0 saturated carbocycles. The van der Waals surface area contributed by atoms with Crippen LogP contribution >= 0.6 is 56.8 Å². The number of carbonyl (C=O) groups excluding carboxylic acids is 2. The van der Waals surface area contributed by atoms with E-state index in [1.807, 2.05) is 91.9 Å². The van der Waals surface area contributed by atoms with Gasteiger partial charge in [0, 0.05) is 35.6 Å². The molecule has 0 aliphatic rings. The van der Waals surface area contributed by atoms with Gasteiger partial charge >= 0.3 is 12.1 Å². The number of carbonyl (C=O) groups is 2. The first-order valence-electron chi connectivity index (χ1n) is 11.3. The topological polar surface area (TPSA) is 82.3 Å². The summed E-state index contributed by atoms with van der Waals surface area (Å²) in [5.74, 6) is 0. The van der Waals surface area contributed by atoms with Gasteiger partial charge in [-0.15, -0.1) is 0 Å². The summed E-state index contributed by atoms with van der Waals surface area (Å²) in [7, 11) is 0. The molecule has 0 atom stereocenters. The zero-order valence-corrected chi connectivity index (χ0v) is 24.8. The molecular formula is C28H23ClI2N4O2. The largest absolute Gasteiger partial charge is 0.323 e. The van der Waals surface area contributed by atoms with Gasteiger partial charge in [-0.25, -0.2) is 9.59 Å². The lowest BCUT2D eigenvalue weighted by Crippen LogP contribution is -2.23. The van der Waals surface area contributed by atoms with Crippen molar-refractivity contribution in [2.45, 2.75) is 13.3 Å². The maximum atomic E-state index is 12.9. The monoisotopic (exact) mass is 736 g/mol. The number of hydrogen-bond acceptors (Lipinski definition) is 2. The number of rotatable bonds is 6. The molecule has 0 fully saturated rings. The van der Waals surface area contributed by atoms with E-state index in [-0.39, 0.29) is 12.1 Å². The van der Waals surface area contributed by atoms with Gasteiger partial charge in [0.2, 0.25) is 0 Å². The summed E-state index contributed by atoms with van der Waals surface area (Å²) in [5.41, 5.74) is 5.06. The molecule has 188 valence electrons. The maximum Gasteiger partial charge on any atom is 0.323 e. The molecule has 4 amide bonds. The van der Waals surface area contributed by atoms with Gasteiger partial charge in [-0.2, -0.15) is 0 Å². The summed E-state index contributed by atoms with van der Waals surface area (Å²) < 4.78 is 2.15. The van der Waals surface area contributed by atoms with Gasteiger partial charge < -0.3 is 21.3 Å². The van der Waals surface area contributed by atoms with E-state index in [9.17, 15) is 9.59 Å². The first kappa shape index (κ1) is 27.2. The Labute approximate surface area is 247 Å². The first-order chi connectivity index (χ1) is 17.8. The van der Waals surface area contributed by atoms with E-state index in [1.165, 1.54) is 0 Å². The molecule has 4 aromatic carbocycles. The number of benzene rings is 4. The molecule has 6 nitrogen and oxygen atoms in total. The highest BCUT2D eigenvalue weighted by Crippen LogP contribution is 2.31. The summed E-state index contributed by atoms with van der Waals surface area (Å²) in [6.45, 7) is 1.86. The number of amides is 4. The van der Waals surface area contributed by atoms with Crippen LogP contribution in [0.5, 0.6) is 0 Å². The lowest BCUT2D eigenvalue weighted by molar-refractivity contribution is 0.261. The molecule has 0 unspecified atom stereocenters. The third-order valence-corrected chi connectivity index (χ3v) is 7.39. The average Bonchev–Trinajstić information content (AvgIpc) is 2.87. The molecule has 0 aromatic heterocycles. The van der Waals surface area contributed by atoms with Crippen LogP contribution in [0.25, 0.3) is 0 Å². The molecule has 0 heterocycles. The molecule has 37 heavy (non-hydrogen) atoms. The molecule has 0 aliphatic carbocycles. The van der Waals surface area contributed by atoms with Gasteiger partial charge in [0.05, 0.1) is 5.69 Å². The quantitative estimate of drug-likeness (QED) is 0.150. The Morgan fingerprint density at radius 1 is 0.676 bits per heavy atom. The van der Waals surface area contributed by atoms with Crippen LogP contribution in [-0.4, -0.2) is 12.1 Å². The van der Waals surface area contributed by atoms with E-state index in [0.717, 1.165) is 23.8 Å². The number of halogens is 3. The van der Waals surface area contributed by atoms with Gasteiger partial charge in [0.15, 0.2) is 0 Å². The highest BCUT2D eigenvalue weighted by molar-refractivity contribution is 14.1. The Morgan fingerprint density at radius 2 is 1.22 bits per heavy atom. The minimum Gasteiger partial charge on any atom is -0.308 e. The van der Waals surface area contributed by atoms with Crippen LogP contribution in [0.4, 0.5) is 32.3 Å². The number of hydrogen-bond donors (Lipinski definition) is 4. The van der Waals surface area contributed by atoms with Crippen molar-refractivity contribution < 1.29 is 9.59 Å². The minimum absolute atomic E-state index is 0.377. The van der Waals surface area contributed by atoms with Crippen LogP contribution in [0.3, 0.4) is 0 Å². The normalized spacial score (nSPS) is 10.5. The molecular weight excluding hydrogens is 714 g/mol. The molecule has 0 bridgehead atoms. The lowest BCUT2D eigenvalue weighted by atomic mass is 9.99. The van der Waals surface area contributed by atoms with Crippen molar-refractivity contribution in [1.82, 2.24) is 0 Å². The summed E-state index contributed by atoms with van der Waals surface area (Å²) in [6.07, 6.45) is 0.509. The molecule has 0 radical (unpaired) electrons. The molecule has 0 aliphatic heterocycles. The predicted molar refractivity (Wildman–Crippen MR) is 169 cm³/mol. The Morgan fingerprint density at radius 3 is 1.78 bits per heavy atom. The number of anilines is 4. The smallest absolute Gasteiger partial charge is 0.308 e. The molecule has 0 saturated heterocycles. The third kappa shape index (κ3) is 7.59. The van der Waals surface area contributed by atoms with Crippen LogP contribution < -0.4 is 21.3 Å². The van der Waals surface area contributed by atoms with E-state index in [2.05, 4.69) is 66.4 Å². The highest BCUT2D eigenvalue weighted by atomic mass is 127. The molecule has 9 heteroatoms.